The highest BCUT2D eigenvalue weighted by molar-refractivity contribution is 7.93. The lowest BCUT2D eigenvalue weighted by molar-refractivity contribution is -0.387. The summed E-state index contributed by atoms with van der Waals surface area (Å²) in [5, 5.41) is 20.3. The van der Waals surface area contributed by atoms with Gasteiger partial charge >= 0.3 is 5.97 Å². The van der Waals surface area contributed by atoms with Crippen molar-refractivity contribution in [2.75, 3.05) is 10.8 Å². The Kier molecular flexibility index (Phi) is 5.61. The van der Waals surface area contributed by atoms with Gasteiger partial charge in [0.1, 0.15) is 6.54 Å². The van der Waals surface area contributed by atoms with Crippen LogP contribution in [0.1, 0.15) is 25.3 Å². The molecule has 0 unspecified atom stereocenters. The molecule has 8 nitrogen and oxygen atoms in total. The van der Waals surface area contributed by atoms with Crippen molar-refractivity contribution in [1.29, 1.82) is 0 Å². The van der Waals surface area contributed by atoms with E-state index in [9.17, 15) is 23.3 Å². The molecule has 0 amide bonds. The van der Waals surface area contributed by atoms with Gasteiger partial charge in [0.25, 0.3) is 15.7 Å². The number of benzene rings is 2. The summed E-state index contributed by atoms with van der Waals surface area (Å²) in [6.45, 7) is 3.08. The van der Waals surface area contributed by atoms with Crippen molar-refractivity contribution in [3.05, 3.63) is 64.2 Å². The molecule has 26 heavy (non-hydrogen) atoms. The molecule has 0 spiro atoms. The summed E-state index contributed by atoms with van der Waals surface area (Å²) in [5.74, 6) is -1.16. The van der Waals surface area contributed by atoms with Gasteiger partial charge in [-0.25, -0.2) is 8.42 Å². The van der Waals surface area contributed by atoms with Crippen LogP contribution >= 0.6 is 0 Å². The summed E-state index contributed by atoms with van der Waals surface area (Å²) in [4.78, 5) is 21.0. The van der Waals surface area contributed by atoms with Gasteiger partial charge in [0.05, 0.1) is 10.6 Å². The maximum atomic E-state index is 13.0. The molecule has 2 rings (SSSR count). The third kappa shape index (κ3) is 3.99. The first kappa shape index (κ1) is 19.4. The number of sulfonamides is 1. The summed E-state index contributed by atoms with van der Waals surface area (Å²) >= 11 is 0. The lowest BCUT2D eigenvalue weighted by Crippen LogP contribution is -2.36. The van der Waals surface area contributed by atoms with E-state index < -0.39 is 38.0 Å². The third-order valence-electron chi connectivity index (χ3n) is 3.76. The number of anilines is 1. The minimum Gasteiger partial charge on any atom is -0.480 e. The normalized spacial score (nSPS) is 11.3. The molecule has 0 saturated carbocycles. The molecule has 0 saturated heterocycles. The molecule has 0 heterocycles. The van der Waals surface area contributed by atoms with E-state index in [1.165, 1.54) is 24.3 Å². The van der Waals surface area contributed by atoms with Gasteiger partial charge < -0.3 is 5.11 Å². The second kappa shape index (κ2) is 7.52. The molecule has 0 aliphatic carbocycles. The fourth-order valence-corrected chi connectivity index (χ4v) is 3.98. The number of hydrogen-bond donors (Lipinski definition) is 1. The monoisotopic (exact) mass is 378 g/mol. The van der Waals surface area contributed by atoms with Crippen molar-refractivity contribution in [2.45, 2.75) is 24.7 Å². The van der Waals surface area contributed by atoms with Crippen LogP contribution in [0.2, 0.25) is 0 Å². The highest BCUT2D eigenvalue weighted by atomic mass is 32.2. The standard InChI is InChI=1S/C17H18N2O6S/c1-12(2)13-7-9-14(10-8-13)18(11-17(20)21)26(24,25)16-6-4-3-5-15(16)19(22)23/h3-10,12H,11H2,1-2H3,(H,20,21). The van der Waals surface area contributed by atoms with Crippen LogP contribution in [0, 0.1) is 10.1 Å². The van der Waals surface area contributed by atoms with Gasteiger partial charge in [-0.05, 0) is 29.7 Å². The Morgan fingerprint density at radius 3 is 2.23 bits per heavy atom. The highest BCUT2D eigenvalue weighted by Crippen LogP contribution is 2.30. The molecule has 2 aromatic rings. The Balaban J connectivity index is 2.59. The van der Waals surface area contributed by atoms with Gasteiger partial charge in [-0.15, -0.1) is 0 Å². The quantitative estimate of drug-likeness (QED) is 0.584. The Hall–Kier alpha value is -2.94. The van der Waals surface area contributed by atoms with Gasteiger partial charge in [-0.1, -0.05) is 38.1 Å². The van der Waals surface area contributed by atoms with E-state index >= 15 is 0 Å². The number of nitro groups is 1. The van der Waals surface area contributed by atoms with Crippen LogP contribution in [-0.2, 0) is 14.8 Å². The average Bonchev–Trinajstić information content (AvgIpc) is 2.59. The van der Waals surface area contributed by atoms with Crippen LogP contribution in [0.4, 0.5) is 11.4 Å². The number of carbonyl (C=O) groups is 1. The maximum Gasteiger partial charge on any atom is 0.324 e. The molecule has 2 aromatic carbocycles. The van der Waals surface area contributed by atoms with E-state index in [1.807, 2.05) is 13.8 Å². The summed E-state index contributed by atoms with van der Waals surface area (Å²) in [7, 11) is -4.45. The summed E-state index contributed by atoms with van der Waals surface area (Å²) in [5.41, 5.74) is 0.462. The smallest absolute Gasteiger partial charge is 0.324 e. The lowest BCUT2D eigenvalue weighted by atomic mass is 10.0. The first-order valence-electron chi connectivity index (χ1n) is 7.72. The molecule has 1 N–H and O–H groups in total. The number of nitrogens with zero attached hydrogens (tertiary/aromatic N) is 2. The van der Waals surface area contributed by atoms with E-state index in [0.29, 0.717) is 4.31 Å². The fraction of sp³-hybridized carbons (Fsp3) is 0.235. The zero-order valence-electron chi connectivity index (χ0n) is 14.2. The molecule has 0 bridgehead atoms. The first-order chi connectivity index (χ1) is 12.1. The number of carboxylic acids is 1. The lowest BCUT2D eigenvalue weighted by Gasteiger charge is -2.23. The Morgan fingerprint density at radius 2 is 1.73 bits per heavy atom. The van der Waals surface area contributed by atoms with E-state index in [2.05, 4.69) is 0 Å². The zero-order chi connectivity index (χ0) is 19.5. The minimum atomic E-state index is -4.45. The molecular weight excluding hydrogens is 360 g/mol. The molecule has 0 fully saturated rings. The van der Waals surface area contributed by atoms with Crippen LogP contribution in [0.5, 0.6) is 0 Å². The predicted octanol–water partition coefficient (Wildman–Crippen LogP) is 3.00. The molecule has 138 valence electrons. The average molecular weight is 378 g/mol. The van der Waals surface area contributed by atoms with Crippen LogP contribution in [0.25, 0.3) is 0 Å². The number of carboxylic acid groups (broad SMARTS) is 1. The van der Waals surface area contributed by atoms with E-state index in [1.54, 1.807) is 12.1 Å². The van der Waals surface area contributed by atoms with Gasteiger partial charge in [-0.3, -0.25) is 19.2 Å². The summed E-state index contributed by atoms with van der Waals surface area (Å²) < 4.78 is 26.6. The van der Waals surface area contributed by atoms with E-state index in [4.69, 9.17) is 5.11 Å². The Morgan fingerprint density at radius 1 is 1.15 bits per heavy atom. The van der Waals surface area contributed by atoms with Crippen LogP contribution in [0.15, 0.2) is 53.4 Å². The third-order valence-corrected chi connectivity index (χ3v) is 5.58. The second-order valence-corrected chi connectivity index (χ2v) is 7.71. The molecule has 0 radical (unpaired) electrons. The molecule has 0 aliphatic heterocycles. The molecule has 0 aromatic heterocycles. The van der Waals surface area contributed by atoms with Gasteiger partial charge in [0.2, 0.25) is 0 Å². The zero-order valence-corrected chi connectivity index (χ0v) is 15.0. The first-order valence-corrected chi connectivity index (χ1v) is 9.16. The number of nitro benzene ring substituents is 1. The predicted molar refractivity (Wildman–Crippen MR) is 95.8 cm³/mol. The number of para-hydroxylation sites is 1. The topological polar surface area (TPSA) is 118 Å². The number of rotatable bonds is 7. The summed E-state index contributed by atoms with van der Waals surface area (Å²) in [6, 6.07) is 11.2. The number of aliphatic carboxylic acids is 1. The van der Waals surface area contributed by atoms with E-state index in [-0.39, 0.29) is 11.6 Å². The van der Waals surface area contributed by atoms with Gasteiger partial charge in [-0.2, -0.15) is 0 Å². The Labute approximate surface area is 150 Å². The van der Waals surface area contributed by atoms with Crippen molar-refractivity contribution in [3.8, 4) is 0 Å². The Bertz CT molecular complexity index is 923. The SMILES string of the molecule is CC(C)c1ccc(N(CC(=O)O)S(=O)(=O)c2ccccc2[N+](=O)[O-])cc1. The highest BCUT2D eigenvalue weighted by Gasteiger charge is 2.33. The van der Waals surface area contributed by atoms with Gasteiger partial charge in [0, 0.05) is 6.07 Å². The molecule has 0 aliphatic rings. The largest absolute Gasteiger partial charge is 0.480 e. The maximum absolute atomic E-state index is 13.0. The number of hydrogen-bond acceptors (Lipinski definition) is 5. The van der Waals surface area contributed by atoms with Crippen molar-refractivity contribution in [1.82, 2.24) is 0 Å². The molecular formula is C17H18N2O6S. The van der Waals surface area contributed by atoms with Crippen molar-refractivity contribution < 1.29 is 23.2 Å². The van der Waals surface area contributed by atoms with Crippen LogP contribution in [0.3, 0.4) is 0 Å². The van der Waals surface area contributed by atoms with E-state index in [0.717, 1.165) is 17.7 Å². The molecule has 9 heteroatoms. The summed E-state index contributed by atoms with van der Waals surface area (Å²) in [6.07, 6.45) is 0. The van der Waals surface area contributed by atoms with Crippen molar-refractivity contribution in [2.24, 2.45) is 0 Å². The fourth-order valence-electron chi connectivity index (χ4n) is 2.41. The van der Waals surface area contributed by atoms with Crippen molar-refractivity contribution >= 4 is 27.4 Å². The van der Waals surface area contributed by atoms with Crippen LogP contribution < -0.4 is 4.31 Å². The molecule has 0 atom stereocenters. The van der Waals surface area contributed by atoms with Crippen LogP contribution in [-0.4, -0.2) is 31.0 Å². The van der Waals surface area contributed by atoms with Crippen molar-refractivity contribution in [3.63, 3.8) is 0 Å². The van der Waals surface area contributed by atoms with Gasteiger partial charge in [0.15, 0.2) is 4.90 Å². The second-order valence-electron chi connectivity index (χ2n) is 5.88. The minimum absolute atomic E-state index is 0.120.